The molecule has 0 saturated heterocycles. The van der Waals surface area contributed by atoms with Crippen molar-refractivity contribution in [3.05, 3.63) is 26.9 Å². The molecule has 0 amide bonds. The van der Waals surface area contributed by atoms with Crippen LogP contribution in [-0.4, -0.2) is 9.97 Å². The Labute approximate surface area is 69.4 Å². The van der Waals surface area contributed by atoms with Crippen molar-refractivity contribution in [3.8, 4) is 0 Å². The monoisotopic (exact) mass is 172 g/mol. The van der Waals surface area contributed by atoms with E-state index in [-0.39, 0.29) is 10.6 Å². The number of hydrogen-bond donors (Lipinski definition) is 1. The Morgan fingerprint density at radius 2 is 2.27 bits per heavy atom. The summed E-state index contributed by atoms with van der Waals surface area (Å²) in [5.74, 6) is 0.608. The minimum absolute atomic E-state index is 0.207. The predicted molar refractivity (Wildman–Crippen MR) is 44.0 cm³/mol. The van der Waals surface area contributed by atoms with Crippen molar-refractivity contribution in [2.75, 3.05) is 0 Å². The summed E-state index contributed by atoms with van der Waals surface area (Å²) in [5, 5.41) is 0.207. The normalized spacial score (nSPS) is 10.1. The molecule has 1 aromatic heterocycles. The third-order valence-corrected chi connectivity index (χ3v) is 1.77. The minimum atomic E-state index is -0.254. The van der Waals surface area contributed by atoms with Crippen molar-refractivity contribution in [2.45, 2.75) is 20.3 Å². The van der Waals surface area contributed by atoms with E-state index in [2.05, 4.69) is 9.97 Å². The van der Waals surface area contributed by atoms with Crippen molar-refractivity contribution in [3.63, 3.8) is 0 Å². The largest absolute Gasteiger partial charge is 0.309 e. The first-order valence-corrected chi connectivity index (χ1v) is 3.78. The van der Waals surface area contributed by atoms with Crippen molar-refractivity contribution >= 4 is 11.6 Å². The van der Waals surface area contributed by atoms with Crippen LogP contribution in [0.1, 0.15) is 18.4 Å². The Balaban J connectivity index is 3.36. The fourth-order valence-corrected chi connectivity index (χ4v) is 1.09. The van der Waals surface area contributed by atoms with Crippen LogP contribution in [0.2, 0.25) is 5.02 Å². The van der Waals surface area contributed by atoms with E-state index in [0.29, 0.717) is 17.9 Å². The Hall–Kier alpha value is -0.830. The minimum Gasteiger partial charge on any atom is -0.309 e. The number of hydrogen-bond acceptors (Lipinski definition) is 2. The lowest BCUT2D eigenvalue weighted by atomic mass is 10.3. The van der Waals surface area contributed by atoms with Crippen LogP contribution in [0.5, 0.6) is 0 Å². The van der Waals surface area contributed by atoms with Gasteiger partial charge in [0.2, 0.25) is 0 Å². The number of halogens is 1. The maximum absolute atomic E-state index is 11.0. The van der Waals surface area contributed by atoms with Gasteiger partial charge in [0.05, 0.1) is 5.69 Å². The average Bonchev–Trinajstić information content (AvgIpc) is 1.96. The number of nitrogens with one attached hydrogen (secondary N) is 1. The van der Waals surface area contributed by atoms with E-state index in [9.17, 15) is 4.79 Å². The third-order valence-electron chi connectivity index (χ3n) is 1.38. The van der Waals surface area contributed by atoms with Crippen molar-refractivity contribution in [1.29, 1.82) is 0 Å². The van der Waals surface area contributed by atoms with Crippen LogP contribution in [-0.2, 0) is 6.42 Å². The van der Waals surface area contributed by atoms with E-state index >= 15 is 0 Å². The molecule has 0 spiro atoms. The Morgan fingerprint density at radius 1 is 1.64 bits per heavy atom. The zero-order chi connectivity index (χ0) is 8.43. The summed E-state index contributed by atoms with van der Waals surface area (Å²) in [4.78, 5) is 17.6. The molecule has 0 saturated carbocycles. The summed E-state index contributed by atoms with van der Waals surface area (Å²) in [7, 11) is 0. The number of aromatic amines is 1. The zero-order valence-corrected chi connectivity index (χ0v) is 7.20. The molecule has 0 radical (unpaired) electrons. The van der Waals surface area contributed by atoms with Crippen LogP contribution >= 0.6 is 11.6 Å². The van der Waals surface area contributed by atoms with Gasteiger partial charge in [0.15, 0.2) is 0 Å². The molecule has 0 atom stereocenters. The summed E-state index contributed by atoms with van der Waals surface area (Å²) >= 11 is 5.66. The van der Waals surface area contributed by atoms with Gasteiger partial charge < -0.3 is 4.98 Å². The maximum atomic E-state index is 11.0. The Kier molecular flexibility index (Phi) is 2.29. The van der Waals surface area contributed by atoms with Crippen LogP contribution in [0.15, 0.2) is 4.79 Å². The van der Waals surface area contributed by atoms with Crippen molar-refractivity contribution in [1.82, 2.24) is 9.97 Å². The molecule has 0 aliphatic rings. The second-order valence-electron chi connectivity index (χ2n) is 2.27. The zero-order valence-electron chi connectivity index (χ0n) is 6.44. The first kappa shape index (κ1) is 8.27. The van der Waals surface area contributed by atoms with Crippen LogP contribution in [0.25, 0.3) is 0 Å². The molecule has 0 fully saturated rings. The van der Waals surface area contributed by atoms with Gasteiger partial charge in [0, 0.05) is 0 Å². The highest BCUT2D eigenvalue weighted by Gasteiger charge is 2.04. The highest BCUT2D eigenvalue weighted by Crippen LogP contribution is 2.06. The molecule has 1 aromatic rings. The van der Waals surface area contributed by atoms with E-state index in [1.165, 1.54) is 0 Å². The molecule has 60 valence electrons. The lowest BCUT2D eigenvalue weighted by molar-refractivity contribution is 0.930. The molecule has 0 aliphatic carbocycles. The van der Waals surface area contributed by atoms with Gasteiger partial charge in [-0.05, 0) is 13.3 Å². The third kappa shape index (κ3) is 1.60. The van der Waals surface area contributed by atoms with E-state index in [1.54, 1.807) is 6.92 Å². The second kappa shape index (κ2) is 3.05. The van der Waals surface area contributed by atoms with Gasteiger partial charge in [-0.25, -0.2) is 4.98 Å². The summed E-state index contributed by atoms with van der Waals surface area (Å²) in [5.41, 5.74) is 0.406. The molecule has 1 heterocycles. The SMILES string of the molecule is CCc1nc(C)[nH]c(=O)c1Cl. The number of nitrogens with zero attached hydrogens (tertiary/aromatic N) is 1. The molecule has 3 nitrogen and oxygen atoms in total. The van der Waals surface area contributed by atoms with Crippen LogP contribution in [0.3, 0.4) is 0 Å². The predicted octanol–water partition coefficient (Wildman–Crippen LogP) is 1.29. The second-order valence-corrected chi connectivity index (χ2v) is 2.64. The van der Waals surface area contributed by atoms with Gasteiger partial charge in [-0.3, -0.25) is 4.79 Å². The number of aryl methyl sites for hydroxylation is 2. The molecular weight excluding hydrogens is 164 g/mol. The smallest absolute Gasteiger partial charge is 0.269 e. The molecule has 1 N–H and O–H groups in total. The number of aromatic nitrogens is 2. The Morgan fingerprint density at radius 3 is 2.82 bits per heavy atom. The highest BCUT2D eigenvalue weighted by molar-refractivity contribution is 6.30. The van der Waals surface area contributed by atoms with Crippen molar-refractivity contribution in [2.24, 2.45) is 0 Å². The molecule has 0 aliphatic heterocycles. The average molecular weight is 173 g/mol. The van der Waals surface area contributed by atoms with E-state index in [4.69, 9.17) is 11.6 Å². The van der Waals surface area contributed by atoms with Crippen LogP contribution < -0.4 is 5.56 Å². The van der Waals surface area contributed by atoms with E-state index < -0.39 is 0 Å². The molecular formula is C7H9ClN2O. The fourth-order valence-electron chi connectivity index (χ4n) is 0.864. The molecule has 4 heteroatoms. The molecule has 0 bridgehead atoms. The summed E-state index contributed by atoms with van der Waals surface area (Å²) < 4.78 is 0. The van der Waals surface area contributed by atoms with Gasteiger partial charge >= 0.3 is 0 Å². The first-order valence-electron chi connectivity index (χ1n) is 3.40. The highest BCUT2D eigenvalue weighted by atomic mass is 35.5. The van der Waals surface area contributed by atoms with E-state index in [0.717, 1.165) is 0 Å². The molecule has 0 aromatic carbocycles. The van der Waals surface area contributed by atoms with Gasteiger partial charge in [-0.2, -0.15) is 0 Å². The first-order chi connectivity index (χ1) is 5.15. The van der Waals surface area contributed by atoms with Gasteiger partial charge in [0.1, 0.15) is 10.8 Å². The molecule has 0 unspecified atom stereocenters. The number of rotatable bonds is 1. The van der Waals surface area contributed by atoms with E-state index in [1.807, 2.05) is 6.92 Å². The standard InChI is InChI=1S/C7H9ClN2O/c1-3-5-6(8)7(11)10-4(2)9-5/h3H2,1-2H3,(H,9,10,11). The van der Waals surface area contributed by atoms with Gasteiger partial charge in [-0.1, -0.05) is 18.5 Å². The van der Waals surface area contributed by atoms with Gasteiger partial charge in [-0.15, -0.1) is 0 Å². The molecule has 1 rings (SSSR count). The topological polar surface area (TPSA) is 45.8 Å². The summed E-state index contributed by atoms with van der Waals surface area (Å²) in [6.07, 6.45) is 0.684. The lowest BCUT2D eigenvalue weighted by Gasteiger charge is -1.99. The quantitative estimate of drug-likeness (QED) is 0.694. The van der Waals surface area contributed by atoms with Crippen LogP contribution in [0, 0.1) is 6.92 Å². The fraction of sp³-hybridized carbons (Fsp3) is 0.429. The van der Waals surface area contributed by atoms with Gasteiger partial charge in [0.25, 0.3) is 5.56 Å². The maximum Gasteiger partial charge on any atom is 0.269 e. The summed E-state index contributed by atoms with van der Waals surface area (Å²) in [6, 6.07) is 0. The van der Waals surface area contributed by atoms with Crippen molar-refractivity contribution < 1.29 is 0 Å². The Bertz CT molecular complexity index is 319. The summed E-state index contributed by atoms with van der Waals surface area (Å²) in [6.45, 7) is 3.64. The number of H-pyrrole nitrogens is 1. The lowest BCUT2D eigenvalue weighted by Crippen LogP contribution is -2.12. The molecule has 11 heavy (non-hydrogen) atoms. The van der Waals surface area contributed by atoms with Crippen LogP contribution in [0.4, 0.5) is 0 Å².